The van der Waals surface area contributed by atoms with E-state index in [-0.39, 0.29) is 5.82 Å². The van der Waals surface area contributed by atoms with Crippen molar-refractivity contribution in [1.82, 2.24) is 9.89 Å². The van der Waals surface area contributed by atoms with Crippen molar-refractivity contribution in [1.29, 1.82) is 0 Å². The van der Waals surface area contributed by atoms with Gasteiger partial charge in [-0.3, -0.25) is 0 Å². The zero-order valence-corrected chi connectivity index (χ0v) is 18.4. The highest BCUT2D eigenvalue weighted by Gasteiger charge is 2.28. The van der Waals surface area contributed by atoms with Gasteiger partial charge in [-0.25, -0.2) is 9.18 Å². The number of hydrogen-bond acceptors (Lipinski definition) is 5. The van der Waals surface area contributed by atoms with E-state index in [2.05, 4.69) is 10.5 Å². The molecule has 1 unspecified atom stereocenters. The molecular formula is C27H22FN3O3. The Kier molecular flexibility index (Phi) is 5.47. The Labute approximate surface area is 194 Å². The Morgan fingerprint density at radius 1 is 1.03 bits per heavy atom. The van der Waals surface area contributed by atoms with Gasteiger partial charge in [-0.05, 0) is 53.4 Å². The highest BCUT2D eigenvalue weighted by molar-refractivity contribution is 5.93. The predicted molar refractivity (Wildman–Crippen MR) is 128 cm³/mol. The summed E-state index contributed by atoms with van der Waals surface area (Å²) >= 11 is 0. The largest absolute Gasteiger partial charge is 0.423 e. The standard InChI is InChI=1S/C27H22FN3O3/c1-27(33,20-5-3-2-4-6-20)25-13-14-31(30-25)29-17-18-7-12-22-23(16-26(32)34-24(22)15-18)19-8-10-21(28)11-9-19/h2-16,29,33H,17H2,1H3. The van der Waals surface area contributed by atoms with Gasteiger partial charge in [-0.15, -0.1) is 0 Å². The van der Waals surface area contributed by atoms with E-state index in [4.69, 9.17) is 4.42 Å². The van der Waals surface area contributed by atoms with Crippen LogP contribution in [0.5, 0.6) is 0 Å². The minimum absolute atomic E-state index is 0.337. The lowest BCUT2D eigenvalue weighted by molar-refractivity contribution is 0.0967. The molecule has 0 aliphatic heterocycles. The van der Waals surface area contributed by atoms with Crippen LogP contribution in [0.3, 0.4) is 0 Å². The highest BCUT2D eigenvalue weighted by atomic mass is 19.1. The Morgan fingerprint density at radius 2 is 1.79 bits per heavy atom. The van der Waals surface area contributed by atoms with Gasteiger partial charge in [0.05, 0.1) is 6.54 Å². The van der Waals surface area contributed by atoms with E-state index in [1.165, 1.54) is 18.2 Å². The Balaban J connectivity index is 1.37. The number of aliphatic hydroxyl groups is 1. The van der Waals surface area contributed by atoms with Crippen molar-refractivity contribution in [3.05, 3.63) is 124 Å². The molecule has 5 rings (SSSR count). The fourth-order valence-corrected chi connectivity index (χ4v) is 3.94. The number of halogens is 1. The van der Waals surface area contributed by atoms with E-state index in [1.807, 2.05) is 42.5 Å². The van der Waals surface area contributed by atoms with Crippen molar-refractivity contribution >= 4 is 11.0 Å². The molecule has 0 aliphatic rings. The maximum absolute atomic E-state index is 13.3. The lowest BCUT2D eigenvalue weighted by Gasteiger charge is -2.21. The summed E-state index contributed by atoms with van der Waals surface area (Å²) in [6.45, 7) is 2.12. The second-order valence-electron chi connectivity index (χ2n) is 8.24. The first-order valence-corrected chi connectivity index (χ1v) is 10.8. The molecule has 0 fully saturated rings. The van der Waals surface area contributed by atoms with E-state index in [0.717, 1.165) is 22.1 Å². The van der Waals surface area contributed by atoms with E-state index in [0.29, 0.717) is 23.4 Å². The molecule has 0 aliphatic carbocycles. The first kappa shape index (κ1) is 21.6. The lowest BCUT2D eigenvalue weighted by Crippen LogP contribution is -2.24. The Morgan fingerprint density at radius 3 is 2.56 bits per heavy atom. The van der Waals surface area contributed by atoms with Crippen molar-refractivity contribution in [2.24, 2.45) is 0 Å². The van der Waals surface area contributed by atoms with Crippen molar-refractivity contribution < 1.29 is 13.9 Å². The first-order chi connectivity index (χ1) is 16.4. The summed E-state index contributed by atoms with van der Waals surface area (Å²) < 4.78 is 18.7. The molecule has 0 amide bonds. The minimum Gasteiger partial charge on any atom is -0.423 e. The summed E-state index contributed by atoms with van der Waals surface area (Å²) in [6.07, 6.45) is 1.74. The summed E-state index contributed by atoms with van der Waals surface area (Å²) in [5.41, 5.74) is 5.47. The molecule has 1 atom stereocenters. The quantitative estimate of drug-likeness (QED) is 0.360. The van der Waals surface area contributed by atoms with Crippen LogP contribution in [0.2, 0.25) is 0 Å². The van der Waals surface area contributed by atoms with Crippen molar-refractivity contribution in [2.45, 2.75) is 19.1 Å². The molecule has 0 radical (unpaired) electrons. The number of aromatic nitrogens is 2. The van der Waals surface area contributed by atoms with Gasteiger partial charge in [-0.1, -0.05) is 54.6 Å². The smallest absolute Gasteiger partial charge is 0.336 e. The van der Waals surface area contributed by atoms with Crippen molar-refractivity contribution in [3.8, 4) is 11.1 Å². The van der Waals surface area contributed by atoms with Gasteiger partial charge in [0, 0.05) is 17.6 Å². The van der Waals surface area contributed by atoms with Gasteiger partial charge in [0.2, 0.25) is 0 Å². The number of benzene rings is 3. The summed E-state index contributed by atoms with van der Waals surface area (Å²) in [7, 11) is 0. The molecule has 2 heterocycles. The molecular weight excluding hydrogens is 433 g/mol. The average Bonchev–Trinajstić information content (AvgIpc) is 3.33. The van der Waals surface area contributed by atoms with E-state index >= 15 is 0 Å². The topological polar surface area (TPSA) is 80.3 Å². The number of hydrogen-bond donors (Lipinski definition) is 2. The van der Waals surface area contributed by atoms with Gasteiger partial charge in [-0.2, -0.15) is 9.89 Å². The molecule has 5 aromatic rings. The van der Waals surface area contributed by atoms with Crippen molar-refractivity contribution in [2.75, 3.05) is 5.43 Å². The monoisotopic (exact) mass is 455 g/mol. The highest BCUT2D eigenvalue weighted by Crippen LogP contribution is 2.29. The first-order valence-electron chi connectivity index (χ1n) is 10.8. The van der Waals surface area contributed by atoms with Crippen LogP contribution < -0.4 is 11.1 Å². The molecule has 0 saturated heterocycles. The third-order valence-corrected chi connectivity index (χ3v) is 5.83. The summed E-state index contributed by atoms with van der Waals surface area (Å²) in [5, 5.41) is 16.2. The molecule has 3 aromatic carbocycles. The van der Waals surface area contributed by atoms with Gasteiger partial charge < -0.3 is 14.9 Å². The summed E-state index contributed by atoms with van der Waals surface area (Å²) in [5.74, 6) is -0.337. The molecule has 2 N–H and O–H groups in total. The average molecular weight is 455 g/mol. The fourth-order valence-electron chi connectivity index (χ4n) is 3.94. The van der Waals surface area contributed by atoms with Crippen molar-refractivity contribution in [3.63, 3.8) is 0 Å². The maximum atomic E-state index is 13.3. The maximum Gasteiger partial charge on any atom is 0.336 e. The summed E-state index contributed by atoms with van der Waals surface area (Å²) in [4.78, 5) is 13.7. The van der Waals surface area contributed by atoms with E-state index in [1.54, 1.807) is 42.2 Å². The van der Waals surface area contributed by atoms with Crippen LogP contribution in [-0.4, -0.2) is 15.0 Å². The number of rotatable bonds is 6. The molecule has 0 spiro atoms. The molecule has 7 heteroatoms. The van der Waals surface area contributed by atoms with Crippen LogP contribution in [-0.2, 0) is 12.1 Å². The second kappa shape index (κ2) is 8.61. The van der Waals surface area contributed by atoms with E-state index in [9.17, 15) is 14.3 Å². The van der Waals surface area contributed by atoms with E-state index < -0.39 is 11.2 Å². The van der Waals surface area contributed by atoms with Crippen LogP contribution in [0.1, 0.15) is 23.7 Å². The van der Waals surface area contributed by atoms with Crippen LogP contribution in [0.4, 0.5) is 4.39 Å². The minimum atomic E-state index is -1.22. The third kappa shape index (κ3) is 4.21. The van der Waals surface area contributed by atoms with Gasteiger partial charge >= 0.3 is 5.63 Å². The van der Waals surface area contributed by atoms with Crippen LogP contribution in [0, 0.1) is 5.82 Å². The second-order valence-corrected chi connectivity index (χ2v) is 8.24. The van der Waals surface area contributed by atoms with Gasteiger partial charge in [0.15, 0.2) is 0 Å². The van der Waals surface area contributed by atoms with Crippen LogP contribution in [0.25, 0.3) is 22.1 Å². The number of fused-ring (bicyclic) bond motifs is 1. The number of nitrogens with one attached hydrogen (secondary N) is 1. The Hall–Kier alpha value is -4.23. The third-order valence-electron chi connectivity index (χ3n) is 5.83. The molecule has 170 valence electrons. The predicted octanol–water partition coefficient (Wildman–Crippen LogP) is 4.80. The van der Waals surface area contributed by atoms with Gasteiger partial charge in [0.25, 0.3) is 0 Å². The molecule has 34 heavy (non-hydrogen) atoms. The van der Waals surface area contributed by atoms with Crippen LogP contribution in [0.15, 0.2) is 100 Å². The zero-order chi connectivity index (χ0) is 23.7. The van der Waals surface area contributed by atoms with Gasteiger partial charge in [0.1, 0.15) is 22.7 Å². The SMILES string of the molecule is CC(O)(c1ccccc1)c1ccn(NCc2ccc3c(-c4ccc(F)cc4)cc(=O)oc3c2)n1. The Bertz CT molecular complexity index is 1510. The normalized spacial score (nSPS) is 13.0. The fraction of sp³-hybridized carbons (Fsp3) is 0.111. The number of nitrogens with zero attached hydrogens (tertiary/aromatic N) is 2. The lowest BCUT2D eigenvalue weighted by atomic mass is 9.93. The molecule has 0 saturated carbocycles. The molecule has 6 nitrogen and oxygen atoms in total. The molecule has 0 bridgehead atoms. The molecule has 2 aromatic heterocycles. The van der Waals surface area contributed by atoms with Crippen LogP contribution >= 0.6 is 0 Å². The zero-order valence-electron chi connectivity index (χ0n) is 18.4. The summed E-state index contributed by atoms with van der Waals surface area (Å²) in [6, 6.07) is 24.1.